The van der Waals surface area contributed by atoms with Crippen molar-refractivity contribution in [3.63, 3.8) is 0 Å². The van der Waals surface area contributed by atoms with Crippen LogP contribution in [-0.4, -0.2) is 22.9 Å². The van der Waals surface area contributed by atoms with Crippen LogP contribution in [0.2, 0.25) is 0 Å². The molecule has 1 aromatic carbocycles. The van der Waals surface area contributed by atoms with Crippen molar-refractivity contribution in [2.45, 2.75) is 26.1 Å². The van der Waals surface area contributed by atoms with Gasteiger partial charge in [0.1, 0.15) is 5.82 Å². The number of nitrogens with zero attached hydrogens (tertiary/aromatic N) is 2. The van der Waals surface area contributed by atoms with E-state index >= 15 is 0 Å². The number of urea groups is 1. The molecule has 23 heavy (non-hydrogen) atoms. The van der Waals surface area contributed by atoms with E-state index in [4.69, 9.17) is 4.74 Å². The third kappa shape index (κ3) is 4.79. The van der Waals surface area contributed by atoms with E-state index in [1.165, 1.54) is 13.2 Å². The number of ether oxygens (including phenoxy) is 1. The van der Waals surface area contributed by atoms with Crippen molar-refractivity contribution in [3.8, 4) is 0 Å². The maximum atomic E-state index is 13.8. The number of carbonyl (C=O) groups is 1. The third-order valence-electron chi connectivity index (χ3n) is 3.44. The summed E-state index contributed by atoms with van der Waals surface area (Å²) in [6, 6.07) is 4.35. The van der Waals surface area contributed by atoms with Gasteiger partial charge in [-0.05, 0) is 18.6 Å². The molecule has 0 aliphatic rings. The van der Waals surface area contributed by atoms with E-state index in [0.29, 0.717) is 11.1 Å². The summed E-state index contributed by atoms with van der Waals surface area (Å²) in [7, 11) is 3.33. The molecule has 0 aliphatic heterocycles. The zero-order valence-electron chi connectivity index (χ0n) is 13.5. The second-order valence-electron chi connectivity index (χ2n) is 5.35. The van der Waals surface area contributed by atoms with E-state index in [2.05, 4.69) is 15.7 Å². The SMILES string of the molecule is COCc1ccc(CNC(=O)N[C@H](C)c2cnn(C)c2)cc1F. The Morgan fingerprint density at radius 1 is 1.48 bits per heavy atom. The number of benzene rings is 1. The predicted molar refractivity (Wildman–Crippen MR) is 84.1 cm³/mol. The Kier molecular flexibility index (Phi) is 5.70. The molecule has 124 valence electrons. The smallest absolute Gasteiger partial charge is 0.315 e. The zero-order valence-corrected chi connectivity index (χ0v) is 13.5. The number of rotatable bonds is 6. The van der Waals surface area contributed by atoms with Crippen LogP contribution in [0.15, 0.2) is 30.6 Å². The van der Waals surface area contributed by atoms with Gasteiger partial charge in [-0.25, -0.2) is 9.18 Å². The molecule has 0 spiro atoms. The highest BCUT2D eigenvalue weighted by Gasteiger charge is 2.11. The molecule has 2 rings (SSSR count). The minimum atomic E-state index is -0.338. The van der Waals surface area contributed by atoms with Crippen LogP contribution in [-0.2, 0) is 24.9 Å². The largest absolute Gasteiger partial charge is 0.380 e. The quantitative estimate of drug-likeness (QED) is 0.858. The highest BCUT2D eigenvalue weighted by molar-refractivity contribution is 5.74. The molecule has 0 radical (unpaired) electrons. The Morgan fingerprint density at radius 2 is 2.26 bits per heavy atom. The average Bonchev–Trinajstić information content (AvgIpc) is 2.94. The maximum absolute atomic E-state index is 13.8. The minimum absolute atomic E-state index is 0.162. The molecule has 1 aromatic heterocycles. The van der Waals surface area contributed by atoms with Crippen LogP contribution < -0.4 is 10.6 Å². The zero-order chi connectivity index (χ0) is 16.8. The molecule has 0 saturated carbocycles. The molecule has 6 nitrogen and oxygen atoms in total. The molecule has 1 heterocycles. The number of hydrogen-bond donors (Lipinski definition) is 2. The van der Waals surface area contributed by atoms with Gasteiger partial charge in [0.25, 0.3) is 0 Å². The molecule has 0 bridgehead atoms. The van der Waals surface area contributed by atoms with E-state index < -0.39 is 0 Å². The Bertz CT molecular complexity index is 672. The van der Waals surface area contributed by atoms with Crippen LogP contribution in [0.4, 0.5) is 9.18 Å². The van der Waals surface area contributed by atoms with Crippen molar-refractivity contribution in [2.24, 2.45) is 7.05 Å². The summed E-state index contributed by atoms with van der Waals surface area (Å²) in [6.45, 7) is 2.34. The van der Waals surface area contributed by atoms with Gasteiger partial charge < -0.3 is 15.4 Å². The number of aryl methyl sites for hydroxylation is 1. The van der Waals surface area contributed by atoms with E-state index in [-0.39, 0.29) is 31.0 Å². The number of halogens is 1. The summed E-state index contributed by atoms with van der Waals surface area (Å²) >= 11 is 0. The van der Waals surface area contributed by atoms with E-state index in [1.807, 2.05) is 20.2 Å². The normalized spacial score (nSPS) is 12.0. The first-order valence-electron chi connectivity index (χ1n) is 7.28. The van der Waals surface area contributed by atoms with Gasteiger partial charge in [-0.1, -0.05) is 12.1 Å². The number of nitrogens with one attached hydrogen (secondary N) is 2. The number of aromatic nitrogens is 2. The first-order valence-corrected chi connectivity index (χ1v) is 7.28. The lowest BCUT2D eigenvalue weighted by Crippen LogP contribution is -2.36. The molecule has 0 fully saturated rings. The van der Waals surface area contributed by atoms with Gasteiger partial charge in [-0.3, -0.25) is 4.68 Å². The van der Waals surface area contributed by atoms with Crippen molar-refractivity contribution in [1.82, 2.24) is 20.4 Å². The number of carbonyl (C=O) groups excluding carboxylic acids is 1. The molecule has 2 amide bonds. The van der Waals surface area contributed by atoms with E-state index in [1.54, 1.807) is 23.0 Å². The lowest BCUT2D eigenvalue weighted by Gasteiger charge is -2.13. The number of amides is 2. The van der Waals surface area contributed by atoms with Crippen LogP contribution in [0.1, 0.15) is 29.7 Å². The molecule has 0 saturated heterocycles. The van der Waals surface area contributed by atoms with Gasteiger partial charge in [0, 0.05) is 38.0 Å². The second-order valence-corrected chi connectivity index (χ2v) is 5.35. The Morgan fingerprint density at radius 3 is 2.87 bits per heavy atom. The van der Waals surface area contributed by atoms with E-state index in [9.17, 15) is 9.18 Å². The Balaban J connectivity index is 1.85. The molecule has 2 aromatic rings. The molecular formula is C16H21FN4O2. The van der Waals surface area contributed by atoms with Crippen molar-refractivity contribution >= 4 is 6.03 Å². The summed E-state index contributed by atoms with van der Waals surface area (Å²) in [6.07, 6.45) is 3.55. The van der Waals surface area contributed by atoms with Crippen LogP contribution in [0.5, 0.6) is 0 Å². The average molecular weight is 320 g/mol. The minimum Gasteiger partial charge on any atom is -0.380 e. The summed E-state index contributed by atoms with van der Waals surface area (Å²) in [5.74, 6) is -0.338. The summed E-state index contributed by atoms with van der Waals surface area (Å²) in [4.78, 5) is 11.9. The lowest BCUT2D eigenvalue weighted by atomic mass is 10.1. The number of hydrogen-bond acceptors (Lipinski definition) is 3. The van der Waals surface area contributed by atoms with Crippen LogP contribution in [0.25, 0.3) is 0 Å². The first-order chi connectivity index (χ1) is 11.0. The Hall–Kier alpha value is -2.41. The van der Waals surface area contributed by atoms with E-state index in [0.717, 1.165) is 5.56 Å². The highest BCUT2D eigenvalue weighted by Crippen LogP contribution is 2.12. The second kappa shape index (κ2) is 7.73. The standard InChI is InChI=1S/C16H21FN4O2/c1-11(14-8-19-21(2)9-14)20-16(22)18-7-12-4-5-13(10-23-3)15(17)6-12/h4-6,8-9,11H,7,10H2,1-3H3,(H2,18,20,22)/t11-/m1/s1. The van der Waals surface area contributed by atoms with Crippen molar-refractivity contribution < 1.29 is 13.9 Å². The van der Waals surface area contributed by atoms with Gasteiger partial charge >= 0.3 is 6.03 Å². The molecule has 0 unspecified atom stereocenters. The highest BCUT2D eigenvalue weighted by atomic mass is 19.1. The fraction of sp³-hybridized carbons (Fsp3) is 0.375. The molecular weight excluding hydrogens is 299 g/mol. The van der Waals surface area contributed by atoms with Gasteiger partial charge in [-0.15, -0.1) is 0 Å². The fourth-order valence-corrected chi connectivity index (χ4v) is 2.15. The lowest BCUT2D eigenvalue weighted by molar-refractivity contribution is 0.181. The number of methoxy groups -OCH3 is 1. The summed E-state index contributed by atoms with van der Waals surface area (Å²) in [5.41, 5.74) is 2.09. The van der Waals surface area contributed by atoms with Crippen molar-refractivity contribution in [3.05, 3.63) is 53.1 Å². The maximum Gasteiger partial charge on any atom is 0.315 e. The van der Waals surface area contributed by atoms with Crippen LogP contribution in [0, 0.1) is 5.82 Å². The summed E-state index contributed by atoms with van der Waals surface area (Å²) < 4.78 is 20.4. The van der Waals surface area contributed by atoms with Gasteiger partial charge in [0.15, 0.2) is 0 Å². The third-order valence-corrected chi connectivity index (χ3v) is 3.44. The van der Waals surface area contributed by atoms with Crippen LogP contribution >= 0.6 is 0 Å². The molecule has 0 aliphatic carbocycles. The monoisotopic (exact) mass is 320 g/mol. The first kappa shape index (κ1) is 17.0. The van der Waals surface area contributed by atoms with Crippen LogP contribution in [0.3, 0.4) is 0 Å². The predicted octanol–water partition coefficient (Wildman–Crippen LogP) is 2.27. The van der Waals surface area contributed by atoms with Crippen molar-refractivity contribution in [1.29, 1.82) is 0 Å². The van der Waals surface area contributed by atoms with Gasteiger partial charge in [0.05, 0.1) is 18.8 Å². The fourth-order valence-electron chi connectivity index (χ4n) is 2.15. The Labute approximate surface area is 134 Å². The van der Waals surface area contributed by atoms with Gasteiger partial charge in [-0.2, -0.15) is 5.10 Å². The molecule has 1 atom stereocenters. The molecule has 7 heteroatoms. The summed E-state index contributed by atoms with van der Waals surface area (Å²) in [5, 5.41) is 9.58. The topological polar surface area (TPSA) is 68.2 Å². The van der Waals surface area contributed by atoms with Crippen molar-refractivity contribution in [2.75, 3.05) is 7.11 Å². The van der Waals surface area contributed by atoms with Gasteiger partial charge in [0.2, 0.25) is 0 Å². The molecule has 2 N–H and O–H groups in total.